The Morgan fingerprint density at radius 2 is 1.32 bits per heavy atom. The predicted molar refractivity (Wildman–Crippen MR) is 173 cm³/mol. The molecule has 7 nitrogen and oxygen atoms in total. The van der Waals surface area contributed by atoms with Crippen molar-refractivity contribution in [3.63, 3.8) is 0 Å². The third-order valence-electron chi connectivity index (χ3n) is 7.67. The zero-order valence-electron chi connectivity index (χ0n) is 25.0. The van der Waals surface area contributed by atoms with Gasteiger partial charge in [-0.1, -0.05) is 90.1 Å². The van der Waals surface area contributed by atoms with Crippen LogP contribution in [0.3, 0.4) is 0 Å². The zero-order valence-corrected chi connectivity index (χ0v) is 28.2. The smallest absolute Gasteiger partial charge is 0.326 e. The van der Waals surface area contributed by atoms with E-state index in [4.69, 9.17) is 0 Å². The van der Waals surface area contributed by atoms with E-state index < -0.39 is 12.0 Å². The average Bonchev–Trinajstić information content (AvgIpc) is 3.59. The summed E-state index contributed by atoms with van der Waals surface area (Å²) >= 11 is 0. The van der Waals surface area contributed by atoms with Crippen molar-refractivity contribution < 1.29 is 24.3 Å². The van der Waals surface area contributed by atoms with E-state index in [-0.39, 0.29) is 35.5 Å². The molecule has 2 heterocycles. The van der Waals surface area contributed by atoms with Gasteiger partial charge in [-0.2, -0.15) is 0 Å². The van der Waals surface area contributed by atoms with Crippen molar-refractivity contribution in [3.8, 4) is 0 Å². The number of carboxylic acid groups (broad SMARTS) is 1. The summed E-state index contributed by atoms with van der Waals surface area (Å²) in [7, 11) is 7.20. The summed E-state index contributed by atoms with van der Waals surface area (Å²) in [6.45, 7) is 11.3. The molecule has 40 heavy (non-hydrogen) atoms. The van der Waals surface area contributed by atoms with E-state index in [2.05, 4.69) is 13.8 Å². The molecule has 5 unspecified atom stereocenters. The molecule has 0 saturated carbocycles. The SMILES string of the molecule is CC(=O)C1CCCN1C(=O)C(C)CSSC(CCCCC(C)C)CCSSCC(C)C(=O)N1CCCC1C(=O)O. The van der Waals surface area contributed by atoms with Crippen LogP contribution in [0.15, 0.2) is 0 Å². The summed E-state index contributed by atoms with van der Waals surface area (Å²) in [5.41, 5.74) is 0. The number of rotatable bonds is 19. The predicted octanol–water partition coefficient (Wildman–Crippen LogP) is 6.65. The molecule has 0 aromatic carbocycles. The number of ketones is 1. The van der Waals surface area contributed by atoms with E-state index in [0.29, 0.717) is 30.5 Å². The summed E-state index contributed by atoms with van der Waals surface area (Å²) in [6, 6.07) is -0.898. The topological polar surface area (TPSA) is 95.0 Å². The Kier molecular flexibility index (Phi) is 16.9. The molecular formula is C29H50N2O5S4. The molecule has 0 aliphatic carbocycles. The normalized spacial score (nSPS) is 21.6. The second-order valence-electron chi connectivity index (χ2n) is 11.7. The van der Waals surface area contributed by atoms with Crippen LogP contribution in [0.2, 0.25) is 0 Å². The molecule has 0 aromatic rings. The highest BCUT2D eigenvalue weighted by Crippen LogP contribution is 2.36. The largest absolute Gasteiger partial charge is 0.480 e. The Labute approximate surface area is 257 Å². The van der Waals surface area contributed by atoms with Gasteiger partial charge in [0.25, 0.3) is 0 Å². The van der Waals surface area contributed by atoms with Crippen LogP contribution in [0.5, 0.6) is 0 Å². The Morgan fingerprint density at radius 1 is 0.775 bits per heavy atom. The number of Topliss-reactive ketones (excluding diaryl/α,β-unsaturated/α-hetero) is 1. The van der Waals surface area contributed by atoms with Gasteiger partial charge in [0.1, 0.15) is 6.04 Å². The fourth-order valence-electron chi connectivity index (χ4n) is 5.24. The molecule has 2 rings (SSSR count). The van der Waals surface area contributed by atoms with E-state index in [1.807, 2.05) is 24.6 Å². The molecule has 0 spiro atoms. The van der Waals surface area contributed by atoms with Gasteiger partial charge >= 0.3 is 5.97 Å². The molecular weight excluding hydrogens is 585 g/mol. The Hall–Kier alpha value is -0.520. The molecule has 230 valence electrons. The number of hydrogen-bond donors (Lipinski definition) is 1. The van der Waals surface area contributed by atoms with E-state index in [9.17, 15) is 24.3 Å². The van der Waals surface area contributed by atoms with Gasteiger partial charge < -0.3 is 14.9 Å². The van der Waals surface area contributed by atoms with Gasteiger partial charge in [0.15, 0.2) is 5.78 Å². The maximum atomic E-state index is 13.0. The van der Waals surface area contributed by atoms with Gasteiger partial charge in [0.05, 0.1) is 6.04 Å². The van der Waals surface area contributed by atoms with Gasteiger partial charge in [-0.05, 0) is 51.4 Å². The van der Waals surface area contributed by atoms with Crippen LogP contribution in [0.1, 0.15) is 92.4 Å². The Bertz CT molecular complexity index is 830. The number of aliphatic carboxylic acids is 1. The molecule has 1 N–H and O–H groups in total. The summed E-state index contributed by atoms with van der Waals surface area (Å²) in [5, 5.41) is 9.90. The maximum absolute atomic E-state index is 13.0. The van der Waals surface area contributed by atoms with Gasteiger partial charge in [-0.15, -0.1) is 0 Å². The highest BCUT2D eigenvalue weighted by molar-refractivity contribution is 8.77. The first kappa shape index (κ1) is 35.7. The molecule has 0 aromatic heterocycles. The number of unbranched alkanes of at least 4 members (excludes halogenated alkanes) is 1. The third kappa shape index (κ3) is 12.0. The Balaban J connectivity index is 1.74. The van der Waals surface area contributed by atoms with Gasteiger partial charge in [0, 0.05) is 47.4 Å². The number of carboxylic acids is 1. The number of hydrogen-bond acceptors (Lipinski definition) is 8. The number of carbonyl (C=O) groups excluding carboxylic acids is 3. The van der Waals surface area contributed by atoms with Crippen molar-refractivity contribution in [1.29, 1.82) is 0 Å². The summed E-state index contributed by atoms with van der Waals surface area (Å²) in [6.07, 6.45) is 8.95. The lowest BCUT2D eigenvalue weighted by molar-refractivity contribution is -0.149. The second kappa shape index (κ2) is 18.9. The average molecular weight is 635 g/mol. The van der Waals surface area contributed by atoms with Crippen LogP contribution >= 0.6 is 43.2 Å². The minimum absolute atomic E-state index is 0.0415. The molecule has 11 heteroatoms. The first-order valence-electron chi connectivity index (χ1n) is 14.9. The van der Waals surface area contributed by atoms with Crippen LogP contribution < -0.4 is 0 Å². The van der Waals surface area contributed by atoms with Gasteiger partial charge in [-0.3, -0.25) is 14.4 Å². The number of nitrogens with zero attached hydrogens (tertiary/aromatic N) is 2. The van der Waals surface area contributed by atoms with E-state index in [0.717, 1.165) is 49.5 Å². The van der Waals surface area contributed by atoms with Crippen LogP contribution in [0.4, 0.5) is 0 Å². The fourth-order valence-corrected chi connectivity index (χ4v) is 11.0. The quantitative estimate of drug-likeness (QED) is 0.124. The zero-order chi connectivity index (χ0) is 29.7. The van der Waals surface area contributed by atoms with E-state index >= 15 is 0 Å². The maximum Gasteiger partial charge on any atom is 0.326 e. The van der Waals surface area contributed by atoms with E-state index in [1.54, 1.807) is 49.1 Å². The highest BCUT2D eigenvalue weighted by atomic mass is 33.1. The molecule has 0 radical (unpaired) electrons. The first-order valence-corrected chi connectivity index (χ1v) is 19.8. The number of amides is 2. The third-order valence-corrected chi connectivity index (χ3v) is 13.4. The monoisotopic (exact) mass is 634 g/mol. The van der Waals surface area contributed by atoms with Crippen molar-refractivity contribution in [1.82, 2.24) is 9.80 Å². The minimum Gasteiger partial charge on any atom is -0.480 e. The molecule has 2 amide bonds. The molecule has 0 bridgehead atoms. The molecule has 2 aliphatic rings. The van der Waals surface area contributed by atoms with Crippen LogP contribution in [0, 0.1) is 17.8 Å². The summed E-state index contributed by atoms with van der Waals surface area (Å²) in [5.74, 6) is 2.14. The fraction of sp³-hybridized carbons (Fsp3) is 0.862. The lowest BCUT2D eigenvalue weighted by atomic mass is 10.0. The van der Waals surface area contributed by atoms with Crippen LogP contribution in [0.25, 0.3) is 0 Å². The van der Waals surface area contributed by atoms with Gasteiger partial charge in [0.2, 0.25) is 11.8 Å². The highest BCUT2D eigenvalue weighted by Gasteiger charge is 2.36. The summed E-state index contributed by atoms with van der Waals surface area (Å²) < 4.78 is 0. The molecule has 2 aliphatic heterocycles. The van der Waals surface area contributed by atoms with Gasteiger partial charge in [-0.25, -0.2) is 4.79 Å². The Morgan fingerprint density at radius 3 is 1.90 bits per heavy atom. The van der Waals surface area contributed by atoms with Crippen LogP contribution in [-0.2, 0) is 19.2 Å². The standard InChI is InChI=1S/C29H50N2O5S4/c1-20(2)10-6-7-11-24(40-39-19-22(4)27(33)30-15-8-12-25(30)23(5)32)14-17-37-38-18-21(3)28(34)31-16-9-13-26(31)29(35)36/h20-22,24-26H,6-19H2,1-5H3,(H,35,36). The first-order chi connectivity index (χ1) is 19.0. The van der Waals surface area contributed by atoms with Crippen LogP contribution in [-0.4, -0.2) is 86.2 Å². The number of likely N-dealkylation sites (tertiary alicyclic amines) is 2. The van der Waals surface area contributed by atoms with Crippen molar-refractivity contribution in [2.45, 2.75) is 110 Å². The summed E-state index contributed by atoms with van der Waals surface area (Å²) in [4.78, 5) is 52.5. The number of carbonyl (C=O) groups is 4. The minimum atomic E-state index is -0.898. The van der Waals surface area contributed by atoms with E-state index in [1.165, 1.54) is 19.3 Å². The molecule has 5 atom stereocenters. The molecule has 2 saturated heterocycles. The second-order valence-corrected chi connectivity index (χ2v) is 17.0. The van der Waals surface area contributed by atoms with Crippen molar-refractivity contribution in [2.24, 2.45) is 17.8 Å². The van der Waals surface area contributed by atoms with Crippen molar-refractivity contribution >= 4 is 66.7 Å². The lowest BCUT2D eigenvalue weighted by Crippen LogP contribution is -2.43. The van der Waals surface area contributed by atoms with Crippen molar-refractivity contribution in [2.75, 3.05) is 30.3 Å². The van der Waals surface area contributed by atoms with Crippen molar-refractivity contribution in [3.05, 3.63) is 0 Å². The molecule has 2 fully saturated rings. The lowest BCUT2D eigenvalue weighted by Gasteiger charge is -2.26.